The molecule has 0 radical (unpaired) electrons. The molecule has 0 atom stereocenters. The van der Waals surface area contributed by atoms with Gasteiger partial charge in [-0.25, -0.2) is 4.79 Å². The van der Waals surface area contributed by atoms with Crippen LogP contribution in [0.2, 0.25) is 0 Å². The van der Waals surface area contributed by atoms with Crippen molar-refractivity contribution in [2.45, 2.75) is 6.54 Å². The fraction of sp³-hybridized carbons (Fsp3) is 0.100. The highest BCUT2D eigenvalue weighted by Crippen LogP contribution is 2.22. The maximum absolute atomic E-state index is 11.9. The molecule has 0 fully saturated rings. The van der Waals surface area contributed by atoms with Crippen molar-refractivity contribution in [1.82, 2.24) is 9.55 Å². The van der Waals surface area contributed by atoms with Crippen LogP contribution >= 0.6 is 27.3 Å². The Morgan fingerprint density at radius 2 is 2.26 bits per heavy atom. The molecule has 7 nitrogen and oxygen atoms in total. The Labute approximate surface area is 118 Å². The Morgan fingerprint density at radius 1 is 1.53 bits per heavy atom. The molecule has 2 aromatic heterocycles. The summed E-state index contributed by atoms with van der Waals surface area (Å²) in [5.74, 6) is -0.305. The molecule has 9 heteroatoms. The lowest BCUT2D eigenvalue weighted by Crippen LogP contribution is -2.25. The van der Waals surface area contributed by atoms with E-state index in [1.807, 2.05) is 0 Å². The molecule has 0 amide bonds. The van der Waals surface area contributed by atoms with Crippen LogP contribution in [0.4, 0.5) is 5.69 Å². The molecule has 0 aliphatic heterocycles. The van der Waals surface area contributed by atoms with Crippen molar-refractivity contribution >= 4 is 38.7 Å². The van der Waals surface area contributed by atoms with E-state index < -0.39 is 10.6 Å². The lowest BCUT2D eigenvalue weighted by atomic mass is 10.3. The fourth-order valence-electron chi connectivity index (χ4n) is 1.35. The van der Waals surface area contributed by atoms with E-state index >= 15 is 0 Å². The molecular weight excluding hydrogens is 338 g/mol. The summed E-state index contributed by atoms with van der Waals surface area (Å²) in [4.78, 5) is 37.1. The standard InChI is InChI=1S/C10H6BrN3O4S/c11-9-2-1-8(19-9)7(15)5-13-4-6(14(17)18)3-12-10(13)16/h1-4H,5H2. The number of hydrogen-bond donors (Lipinski definition) is 0. The quantitative estimate of drug-likeness (QED) is 0.479. The molecule has 0 N–H and O–H groups in total. The van der Waals surface area contributed by atoms with Crippen molar-refractivity contribution in [1.29, 1.82) is 0 Å². The summed E-state index contributed by atoms with van der Waals surface area (Å²) in [6, 6.07) is 3.33. The Morgan fingerprint density at radius 3 is 2.84 bits per heavy atom. The normalized spacial score (nSPS) is 10.4. The molecule has 19 heavy (non-hydrogen) atoms. The van der Waals surface area contributed by atoms with Gasteiger partial charge >= 0.3 is 11.4 Å². The first-order chi connectivity index (χ1) is 8.97. The Balaban J connectivity index is 2.28. The number of carbonyl (C=O) groups is 1. The number of halogens is 1. The van der Waals surface area contributed by atoms with E-state index in [2.05, 4.69) is 20.9 Å². The van der Waals surface area contributed by atoms with Crippen molar-refractivity contribution in [2.24, 2.45) is 0 Å². The first-order valence-corrected chi connectivity index (χ1v) is 6.58. The highest BCUT2D eigenvalue weighted by molar-refractivity contribution is 9.11. The smallest absolute Gasteiger partial charge is 0.291 e. The minimum absolute atomic E-state index is 0.277. The number of nitro groups is 1. The Hall–Kier alpha value is -1.87. The third-order valence-corrected chi connectivity index (χ3v) is 3.88. The number of thiophene rings is 1. The van der Waals surface area contributed by atoms with Gasteiger partial charge < -0.3 is 0 Å². The minimum Gasteiger partial charge on any atom is -0.291 e. The molecule has 0 bridgehead atoms. The number of ketones is 1. The number of aromatic nitrogens is 2. The van der Waals surface area contributed by atoms with Crippen LogP contribution in [-0.2, 0) is 6.54 Å². The van der Waals surface area contributed by atoms with Crippen molar-refractivity contribution in [3.05, 3.63) is 53.8 Å². The summed E-state index contributed by atoms with van der Waals surface area (Å²) in [5, 5.41) is 10.6. The molecular formula is C10H6BrN3O4S. The zero-order valence-corrected chi connectivity index (χ0v) is 11.7. The van der Waals surface area contributed by atoms with Crippen molar-refractivity contribution in [3.8, 4) is 0 Å². The Kier molecular flexibility index (Phi) is 3.86. The monoisotopic (exact) mass is 343 g/mol. The average Bonchev–Trinajstić information content (AvgIpc) is 2.78. The lowest BCUT2D eigenvalue weighted by molar-refractivity contribution is -0.385. The van der Waals surface area contributed by atoms with Gasteiger partial charge in [0.05, 0.1) is 26.3 Å². The predicted molar refractivity (Wildman–Crippen MR) is 71.5 cm³/mol. The second-order valence-corrected chi connectivity index (χ2v) is 5.97. The van der Waals surface area contributed by atoms with Crippen molar-refractivity contribution < 1.29 is 9.72 Å². The van der Waals surface area contributed by atoms with E-state index in [0.717, 1.165) is 20.7 Å². The highest BCUT2D eigenvalue weighted by atomic mass is 79.9. The zero-order chi connectivity index (χ0) is 14.0. The fourth-order valence-corrected chi connectivity index (χ4v) is 2.66. The van der Waals surface area contributed by atoms with Gasteiger partial charge in [-0.2, -0.15) is 4.98 Å². The zero-order valence-electron chi connectivity index (χ0n) is 9.28. The van der Waals surface area contributed by atoms with Crippen molar-refractivity contribution in [2.75, 3.05) is 0 Å². The van der Waals surface area contributed by atoms with Gasteiger partial charge in [0.15, 0.2) is 5.78 Å². The SMILES string of the molecule is O=C(Cn1cc([N+](=O)[O-])cnc1=O)c1ccc(Br)s1. The summed E-state index contributed by atoms with van der Waals surface area (Å²) in [5.41, 5.74) is -1.03. The average molecular weight is 344 g/mol. The summed E-state index contributed by atoms with van der Waals surface area (Å²) in [6.45, 7) is -0.277. The van der Waals surface area contributed by atoms with Crippen LogP contribution in [0.1, 0.15) is 9.67 Å². The second-order valence-electron chi connectivity index (χ2n) is 3.51. The molecule has 0 aliphatic carbocycles. The molecule has 2 rings (SSSR count). The van der Waals surface area contributed by atoms with Gasteiger partial charge in [0.2, 0.25) is 0 Å². The summed E-state index contributed by atoms with van der Waals surface area (Å²) in [7, 11) is 0. The maximum atomic E-state index is 11.9. The molecule has 2 aromatic rings. The van der Waals surface area contributed by atoms with Gasteiger partial charge in [-0.1, -0.05) is 0 Å². The molecule has 2 heterocycles. The maximum Gasteiger partial charge on any atom is 0.348 e. The first-order valence-electron chi connectivity index (χ1n) is 4.97. The van der Waals surface area contributed by atoms with Crippen LogP contribution in [-0.4, -0.2) is 20.3 Å². The van der Waals surface area contributed by atoms with Crippen LogP contribution in [0, 0.1) is 10.1 Å². The Bertz CT molecular complexity index is 709. The first kappa shape index (κ1) is 13.6. The van der Waals surface area contributed by atoms with Gasteiger partial charge in [0.1, 0.15) is 6.20 Å². The largest absolute Gasteiger partial charge is 0.348 e. The van der Waals surface area contributed by atoms with Crippen LogP contribution in [0.5, 0.6) is 0 Å². The number of carbonyl (C=O) groups excluding carboxylic acids is 1. The summed E-state index contributed by atoms with van der Waals surface area (Å²) < 4.78 is 1.72. The van der Waals surface area contributed by atoms with Gasteiger partial charge in [-0.3, -0.25) is 19.5 Å². The highest BCUT2D eigenvalue weighted by Gasteiger charge is 2.14. The van der Waals surface area contributed by atoms with E-state index in [-0.39, 0.29) is 18.0 Å². The third kappa shape index (κ3) is 3.12. The van der Waals surface area contributed by atoms with E-state index in [1.54, 1.807) is 12.1 Å². The van der Waals surface area contributed by atoms with Crippen LogP contribution in [0.25, 0.3) is 0 Å². The van der Waals surface area contributed by atoms with E-state index in [1.165, 1.54) is 11.3 Å². The van der Waals surface area contributed by atoms with E-state index in [9.17, 15) is 19.7 Å². The molecule has 0 unspecified atom stereocenters. The number of hydrogen-bond acceptors (Lipinski definition) is 6. The molecule has 0 saturated heterocycles. The number of nitrogens with zero attached hydrogens (tertiary/aromatic N) is 3. The van der Waals surface area contributed by atoms with Crippen molar-refractivity contribution in [3.63, 3.8) is 0 Å². The van der Waals surface area contributed by atoms with E-state index in [0.29, 0.717) is 4.88 Å². The van der Waals surface area contributed by atoms with Gasteiger partial charge in [0.25, 0.3) is 0 Å². The van der Waals surface area contributed by atoms with Gasteiger partial charge in [-0.05, 0) is 28.1 Å². The third-order valence-electron chi connectivity index (χ3n) is 2.21. The number of Topliss-reactive ketones (excluding diaryl/α,β-unsaturated/α-hetero) is 1. The van der Waals surface area contributed by atoms with Gasteiger partial charge in [0, 0.05) is 0 Å². The molecule has 0 saturated carbocycles. The van der Waals surface area contributed by atoms with Crippen LogP contribution in [0.15, 0.2) is 33.1 Å². The van der Waals surface area contributed by atoms with E-state index in [4.69, 9.17) is 0 Å². The molecule has 0 aromatic carbocycles. The topological polar surface area (TPSA) is 95.1 Å². The summed E-state index contributed by atoms with van der Waals surface area (Å²) in [6.07, 6.45) is 1.88. The van der Waals surface area contributed by atoms with Crippen LogP contribution < -0.4 is 5.69 Å². The molecule has 0 aliphatic rings. The summed E-state index contributed by atoms with van der Waals surface area (Å²) >= 11 is 4.46. The minimum atomic E-state index is -0.699. The van der Waals surface area contributed by atoms with Gasteiger partial charge in [-0.15, -0.1) is 11.3 Å². The molecule has 0 spiro atoms. The van der Waals surface area contributed by atoms with Crippen LogP contribution in [0.3, 0.4) is 0 Å². The lowest BCUT2D eigenvalue weighted by Gasteiger charge is -2.02. The second kappa shape index (κ2) is 5.41. The molecule has 98 valence electrons. The predicted octanol–water partition coefficient (Wildman–Crippen LogP) is 1.86. The number of rotatable bonds is 4.